The van der Waals surface area contributed by atoms with Gasteiger partial charge in [-0.1, -0.05) is 19.8 Å². The van der Waals surface area contributed by atoms with Crippen molar-refractivity contribution in [1.29, 1.82) is 0 Å². The third kappa shape index (κ3) is 7.37. The molecule has 0 saturated carbocycles. The third-order valence-electron chi connectivity index (χ3n) is 1.51. The Balaban J connectivity index is 3.43. The number of hydrazone groups is 1. The zero-order chi connectivity index (χ0) is 8.69. The van der Waals surface area contributed by atoms with Crippen molar-refractivity contribution in [3.8, 4) is 0 Å². The molecular formula is C9H20N2. The Kier molecular flexibility index (Phi) is 5.90. The first kappa shape index (κ1) is 10.5. The van der Waals surface area contributed by atoms with Crippen molar-refractivity contribution in [1.82, 2.24) is 5.01 Å². The maximum atomic E-state index is 4.30. The highest BCUT2D eigenvalue weighted by Gasteiger charge is 1.91. The summed E-state index contributed by atoms with van der Waals surface area (Å²) >= 11 is 0. The summed E-state index contributed by atoms with van der Waals surface area (Å²) in [6.45, 7) is 4.31. The van der Waals surface area contributed by atoms with Gasteiger partial charge >= 0.3 is 0 Å². The van der Waals surface area contributed by atoms with Crippen LogP contribution < -0.4 is 0 Å². The fraction of sp³-hybridized carbons (Fsp3) is 0.889. The predicted octanol–water partition coefficient (Wildman–Crippen LogP) is 2.50. The van der Waals surface area contributed by atoms with E-state index in [0.717, 1.165) is 6.42 Å². The average molecular weight is 156 g/mol. The van der Waals surface area contributed by atoms with Gasteiger partial charge in [0.05, 0.1) is 0 Å². The molecule has 0 unspecified atom stereocenters. The predicted molar refractivity (Wildman–Crippen MR) is 50.9 cm³/mol. The monoisotopic (exact) mass is 156 g/mol. The van der Waals surface area contributed by atoms with Crippen LogP contribution in [0.15, 0.2) is 5.10 Å². The lowest BCUT2D eigenvalue weighted by molar-refractivity contribution is 0.435. The zero-order valence-corrected chi connectivity index (χ0v) is 8.22. The summed E-state index contributed by atoms with van der Waals surface area (Å²) in [6, 6.07) is 0. The lowest BCUT2D eigenvalue weighted by Gasteiger charge is -2.06. The number of hydrogen-bond donors (Lipinski definition) is 0. The van der Waals surface area contributed by atoms with Crippen LogP contribution in [0.25, 0.3) is 0 Å². The Bertz CT molecular complexity index is 117. The summed E-state index contributed by atoms with van der Waals surface area (Å²) < 4.78 is 0. The van der Waals surface area contributed by atoms with E-state index in [9.17, 15) is 0 Å². The molecule has 0 rings (SSSR count). The Hall–Kier alpha value is -0.530. The van der Waals surface area contributed by atoms with Crippen molar-refractivity contribution >= 4 is 5.71 Å². The number of nitrogens with zero attached hydrogens (tertiary/aromatic N) is 2. The van der Waals surface area contributed by atoms with Gasteiger partial charge in [-0.3, -0.25) is 0 Å². The van der Waals surface area contributed by atoms with E-state index in [1.807, 2.05) is 19.1 Å². The quantitative estimate of drug-likeness (QED) is 0.339. The van der Waals surface area contributed by atoms with Gasteiger partial charge in [-0.25, -0.2) is 0 Å². The summed E-state index contributed by atoms with van der Waals surface area (Å²) in [5.41, 5.74) is 1.24. The molecule has 0 radical (unpaired) electrons. The molecular weight excluding hydrogens is 136 g/mol. The van der Waals surface area contributed by atoms with Gasteiger partial charge in [0.1, 0.15) is 0 Å². The number of hydrogen-bond acceptors (Lipinski definition) is 2. The number of rotatable bonds is 5. The minimum absolute atomic E-state index is 1.14. The van der Waals surface area contributed by atoms with Crippen molar-refractivity contribution in [2.24, 2.45) is 5.10 Å². The molecule has 0 fully saturated rings. The minimum Gasteiger partial charge on any atom is -0.303 e. The van der Waals surface area contributed by atoms with Crippen LogP contribution in [0.2, 0.25) is 0 Å². The fourth-order valence-corrected chi connectivity index (χ4v) is 1.02. The summed E-state index contributed by atoms with van der Waals surface area (Å²) in [5.74, 6) is 0. The summed E-state index contributed by atoms with van der Waals surface area (Å²) in [4.78, 5) is 0. The highest BCUT2D eigenvalue weighted by atomic mass is 15.4. The van der Waals surface area contributed by atoms with Gasteiger partial charge < -0.3 is 5.01 Å². The smallest absolute Gasteiger partial charge is 0.0349 e. The van der Waals surface area contributed by atoms with Crippen LogP contribution in [0.3, 0.4) is 0 Å². The van der Waals surface area contributed by atoms with E-state index in [4.69, 9.17) is 0 Å². The first-order valence-corrected chi connectivity index (χ1v) is 4.38. The molecule has 11 heavy (non-hydrogen) atoms. The first-order chi connectivity index (χ1) is 5.16. The van der Waals surface area contributed by atoms with Crippen LogP contribution >= 0.6 is 0 Å². The summed E-state index contributed by atoms with van der Waals surface area (Å²) in [5, 5.41) is 6.16. The van der Waals surface area contributed by atoms with Crippen molar-refractivity contribution in [3.63, 3.8) is 0 Å². The lowest BCUT2D eigenvalue weighted by Crippen LogP contribution is -2.06. The minimum atomic E-state index is 1.14. The second kappa shape index (κ2) is 6.20. The maximum absolute atomic E-state index is 4.30. The highest BCUT2D eigenvalue weighted by Crippen LogP contribution is 2.00. The van der Waals surface area contributed by atoms with Crippen molar-refractivity contribution in [3.05, 3.63) is 0 Å². The Morgan fingerprint density at radius 2 is 1.91 bits per heavy atom. The molecule has 0 N–H and O–H groups in total. The van der Waals surface area contributed by atoms with Crippen LogP contribution in [0.5, 0.6) is 0 Å². The third-order valence-corrected chi connectivity index (χ3v) is 1.51. The van der Waals surface area contributed by atoms with E-state index in [0.29, 0.717) is 0 Å². The van der Waals surface area contributed by atoms with Crippen molar-refractivity contribution in [2.75, 3.05) is 14.1 Å². The van der Waals surface area contributed by atoms with E-state index in [2.05, 4.69) is 18.9 Å². The van der Waals surface area contributed by atoms with E-state index in [-0.39, 0.29) is 0 Å². The van der Waals surface area contributed by atoms with Gasteiger partial charge in [-0.15, -0.1) is 0 Å². The molecule has 2 nitrogen and oxygen atoms in total. The van der Waals surface area contributed by atoms with Crippen LogP contribution in [-0.4, -0.2) is 24.8 Å². The fourth-order valence-electron chi connectivity index (χ4n) is 1.02. The molecule has 0 aromatic heterocycles. The second-order valence-electron chi connectivity index (χ2n) is 3.14. The van der Waals surface area contributed by atoms with Gasteiger partial charge in [0.25, 0.3) is 0 Å². The van der Waals surface area contributed by atoms with Crippen LogP contribution in [0.4, 0.5) is 0 Å². The SMILES string of the molecule is CCCCCC(C)=NN(C)C. The van der Waals surface area contributed by atoms with Crippen molar-refractivity contribution in [2.45, 2.75) is 39.5 Å². The molecule has 0 amide bonds. The molecule has 0 bridgehead atoms. The van der Waals surface area contributed by atoms with Crippen LogP contribution in [0, 0.1) is 0 Å². The van der Waals surface area contributed by atoms with E-state index in [1.165, 1.54) is 25.0 Å². The Morgan fingerprint density at radius 1 is 1.27 bits per heavy atom. The van der Waals surface area contributed by atoms with Gasteiger partial charge in [-0.05, 0) is 19.8 Å². The zero-order valence-electron chi connectivity index (χ0n) is 8.22. The molecule has 0 heterocycles. The molecule has 2 heteroatoms. The summed E-state index contributed by atoms with van der Waals surface area (Å²) in [6.07, 6.45) is 5.03. The maximum Gasteiger partial charge on any atom is 0.0349 e. The van der Waals surface area contributed by atoms with E-state index in [1.54, 1.807) is 0 Å². The molecule has 0 aliphatic rings. The van der Waals surface area contributed by atoms with E-state index >= 15 is 0 Å². The largest absolute Gasteiger partial charge is 0.303 e. The molecule has 0 saturated heterocycles. The Labute approximate surface area is 70.3 Å². The molecule has 0 spiro atoms. The average Bonchev–Trinajstić information content (AvgIpc) is 1.86. The van der Waals surface area contributed by atoms with Crippen LogP contribution in [0.1, 0.15) is 39.5 Å². The molecule has 66 valence electrons. The topological polar surface area (TPSA) is 15.6 Å². The first-order valence-electron chi connectivity index (χ1n) is 4.38. The molecule has 0 atom stereocenters. The second-order valence-corrected chi connectivity index (χ2v) is 3.14. The normalized spacial score (nSPS) is 11.8. The van der Waals surface area contributed by atoms with E-state index < -0.39 is 0 Å². The van der Waals surface area contributed by atoms with Gasteiger partial charge in [0.15, 0.2) is 0 Å². The van der Waals surface area contributed by atoms with Gasteiger partial charge in [0, 0.05) is 19.8 Å². The molecule has 0 aromatic carbocycles. The lowest BCUT2D eigenvalue weighted by atomic mass is 10.1. The number of unbranched alkanes of at least 4 members (excludes halogenated alkanes) is 2. The molecule has 0 aliphatic carbocycles. The van der Waals surface area contributed by atoms with Gasteiger partial charge in [0.2, 0.25) is 0 Å². The standard InChI is InChI=1S/C9H20N2/c1-5-6-7-8-9(2)10-11(3)4/h5-8H2,1-4H3. The summed E-state index contributed by atoms with van der Waals surface area (Å²) in [7, 11) is 3.92. The van der Waals surface area contributed by atoms with Gasteiger partial charge in [-0.2, -0.15) is 5.10 Å². The molecule has 0 aliphatic heterocycles. The highest BCUT2D eigenvalue weighted by molar-refractivity contribution is 5.81. The Morgan fingerprint density at radius 3 is 2.36 bits per heavy atom. The molecule has 0 aromatic rings. The van der Waals surface area contributed by atoms with Crippen LogP contribution in [-0.2, 0) is 0 Å². The van der Waals surface area contributed by atoms with Crippen molar-refractivity contribution < 1.29 is 0 Å².